The maximum Gasteiger partial charge on any atom is 0.140 e. The molecule has 19 heavy (non-hydrogen) atoms. The molecule has 0 aliphatic heterocycles. The number of aromatic nitrogens is 3. The summed E-state index contributed by atoms with van der Waals surface area (Å²) in [5.74, 6) is 0. The van der Waals surface area contributed by atoms with Gasteiger partial charge in [-0.3, -0.25) is 0 Å². The third-order valence-corrected chi connectivity index (χ3v) is 4.37. The molecule has 2 N–H and O–H groups in total. The third-order valence-electron chi connectivity index (χ3n) is 3.31. The molecule has 3 heterocycles. The van der Waals surface area contributed by atoms with Crippen LogP contribution in [-0.2, 0) is 13.1 Å². The summed E-state index contributed by atoms with van der Waals surface area (Å²) in [6.45, 7) is 5.44. The molecule has 0 amide bonds. The van der Waals surface area contributed by atoms with Crippen molar-refractivity contribution in [3.63, 3.8) is 0 Å². The van der Waals surface area contributed by atoms with Crippen molar-refractivity contribution in [2.24, 2.45) is 5.73 Å². The van der Waals surface area contributed by atoms with E-state index in [4.69, 9.17) is 5.73 Å². The summed E-state index contributed by atoms with van der Waals surface area (Å²) in [4.78, 5) is 10.3. The summed E-state index contributed by atoms with van der Waals surface area (Å²) in [7, 11) is 0. The number of hydrogen-bond donors (Lipinski definition) is 1. The number of pyridine rings is 1. The Morgan fingerprint density at radius 2 is 2.21 bits per heavy atom. The highest BCUT2D eigenvalue weighted by Gasteiger charge is 2.10. The van der Waals surface area contributed by atoms with E-state index < -0.39 is 0 Å². The quantitative estimate of drug-likeness (QED) is 0.797. The van der Waals surface area contributed by atoms with E-state index in [1.165, 1.54) is 4.88 Å². The van der Waals surface area contributed by atoms with Crippen LogP contribution >= 0.6 is 11.3 Å². The van der Waals surface area contributed by atoms with Gasteiger partial charge >= 0.3 is 0 Å². The topological polar surface area (TPSA) is 56.7 Å². The summed E-state index contributed by atoms with van der Waals surface area (Å²) in [5, 5.41) is 2.25. The van der Waals surface area contributed by atoms with Gasteiger partial charge in [0.2, 0.25) is 0 Å². The van der Waals surface area contributed by atoms with Crippen molar-refractivity contribution in [3.8, 4) is 0 Å². The van der Waals surface area contributed by atoms with E-state index in [1.807, 2.05) is 19.2 Å². The molecule has 0 unspecified atom stereocenters. The fourth-order valence-corrected chi connectivity index (χ4v) is 3.16. The Morgan fingerprint density at radius 1 is 1.37 bits per heavy atom. The largest absolute Gasteiger partial charge is 0.326 e. The molecule has 3 aromatic rings. The molecule has 4 nitrogen and oxygen atoms in total. The van der Waals surface area contributed by atoms with Crippen molar-refractivity contribution in [2.45, 2.75) is 26.9 Å². The van der Waals surface area contributed by atoms with Crippen LogP contribution in [0.4, 0.5) is 0 Å². The molecular weight excluding hydrogens is 256 g/mol. The van der Waals surface area contributed by atoms with Crippen molar-refractivity contribution in [3.05, 3.63) is 45.7 Å². The van der Waals surface area contributed by atoms with Crippen LogP contribution in [-0.4, -0.2) is 14.5 Å². The predicted octanol–water partition coefficient (Wildman–Crippen LogP) is 2.62. The first-order valence-corrected chi connectivity index (χ1v) is 7.06. The minimum absolute atomic E-state index is 0.533. The molecular formula is C14H16N4S. The zero-order valence-electron chi connectivity index (χ0n) is 11.1. The van der Waals surface area contributed by atoms with Crippen LogP contribution in [0.5, 0.6) is 0 Å². The molecule has 0 fully saturated rings. The first-order chi connectivity index (χ1) is 9.19. The molecule has 5 heteroatoms. The minimum Gasteiger partial charge on any atom is -0.326 e. The Balaban J connectivity index is 2.05. The Labute approximate surface area is 115 Å². The van der Waals surface area contributed by atoms with Crippen molar-refractivity contribution in [1.82, 2.24) is 14.5 Å². The molecule has 0 saturated heterocycles. The van der Waals surface area contributed by atoms with E-state index in [9.17, 15) is 0 Å². The molecule has 0 saturated carbocycles. The average Bonchev–Trinajstić information content (AvgIpc) is 2.92. The van der Waals surface area contributed by atoms with E-state index in [-0.39, 0.29) is 0 Å². The Kier molecular flexibility index (Phi) is 3.08. The molecule has 0 aliphatic rings. The van der Waals surface area contributed by atoms with Gasteiger partial charge in [-0.05, 0) is 31.5 Å². The van der Waals surface area contributed by atoms with Gasteiger partial charge < -0.3 is 10.3 Å². The molecule has 0 aromatic carbocycles. The van der Waals surface area contributed by atoms with Crippen LogP contribution < -0.4 is 5.73 Å². The number of fused-ring (bicyclic) bond motifs is 1. The molecule has 98 valence electrons. The van der Waals surface area contributed by atoms with Gasteiger partial charge in [0, 0.05) is 29.2 Å². The van der Waals surface area contributed by atoms with Gasteiger partial charge in [0.25, 0.3) is 0 Å². The highest BCUT2D eigenvalue weighted by molar-refractivity contribution is 7.11. The van der Waals surface area contributed by atoms with Crippen LogP contribution in [0.2, 0.25) is 0 Å². The second kappa shape index (κ2) is 4.75. The Hall–Kier alpha value is -1.72. The lowest BCUT2D eigenvalue weighted by molar-refractivity contribution is 0.808. The molecule has 0 aliphatic carbocycles. The van der Waals surface area contributed by atoms with Gasteiger partial charge in [-0.15, -0.1) is 11.3 Å². The number of aryl methyl sites for hydroxylation is 2. The van der Waals surface area contributed by atoms with E-state index in [1.54, 1.807) is 11.3 Å². The average molecular weight is 272 g/mol. The van der Waals surface area contributed by atoms with Crippen LogP contribution in [0, 0.1) is 13.8 Å². The number of nitrogens with two attached hydrogens (primary N) is 1. The molecule has 0 atom stereocenters. The molecule has 3 rings (SSSR count). The van der Waals surface area contributed by atoms with Crippen molar-refractivity contribution in [1.29, 1.82) is 0 Å². The van der Waals surface area contributed by atoms with Crippen molar-refractivity contribution in [2.75, 3.05) is 0 Å². The molecule has 0 spiro atoms. The maximum atomic E-state index is 5.80. The number of rotatable bonds is 3. The lowest BCUT2D eigenvalue weighted by Crippen LogP contribution is -1.99. The summed E-state index contributed by atoms with van der Waals surface area (Å²) in [5.41, 5.74) is 9.02. The third kappa shape index (κ3) is 2.15. The Morgan fingerprint density at radius 3 is 2.89 bits per heavy atom. The first-order valence-electron chi connectivity index (χ1n) is 6.24. The maximum absolute atomic E-state index is 5.80. The zero-order valence-corrected chi connectivity index (χ0v) is 11.9. The second-order valence-electron chi connectivity index (χ2n) is 4.61. The van der Waals surface area contributed by atoms with Gasteiger partial charge in [0.1, 0.15) is 10.7 Å². The lowest BCUT2D eigenvalue weighted by Gasteiger charge is -2.00. The van der Waals surface area contributed by atoms with E-state index in [0.717, 1.165) is 33.8 Å². The van der Waals surface area contributed by atoms with Gasteiger partial charge in [0.15, 0.2) is 0 Å². The summed E-state index contributed by atoms with van der Waals surface area (Å²) < 4.78 is 2.13. The smallest absolute Gasteiger partial charge is 0.140 e. The zero-order chi connectivity index (χ0) is 13.4. The van der Waals surface area contributed by atoms with Gasteiger partial charge in [0.05, 0.1) is 12.2 Å². The number of hydrogen-bond acceptors (Lipinski definition) is 4. The molecule has 0 radical (unpaired) electrons. The Bertz CT molecular complexity index is 707. The first kappa shape index (κ1) is 12.3. The SMILES string of the molecule is Cc1nc(Cn2cc(CN)c3cccnc32)sc1C. The van der Waals surface area contributed by atoms with Crippen molar-refractivity contribution < 1.29 is 0 Å². The highest BCUT2D eigenvalue weighted by Crippen LogP contribution is 2.22. The summed E-state index contributed by atoms with van der Waals surface area (Å²) in [6.07, 6.45) is 3.90. The van der Waals surface area contributed by atoms with Crippen molar-refractivity contribution >= 4 is 22.4 Å². The number of nitrogens with zero attached hydrogens (tertiary/aromatic N) is 3. The van der Waals surface area contributed by atoms with E-state index in [2.05, 4.69) is 33.7 Å². The lowest BCUT2D eigenvalue weighted by atomic mass is 10.2. The highest BCUT2D eigenvalue weighted by atomic mass is 32.1. The minimum atomic E-state index is 0.533. The van der Waals surface area contributed by atoms with Gasteiger partial charge in [-0.2, -0.15) is 0 Å². The normalized spacial score (nSPS) is 11.3. The predicted molar refractivity (Wildman–Crippen MR) is 78.3 cm³/mol. The van der Waals surface area contributed by atoms with Crippen LogP contribution in [0.1, 0.15) is 21.1 Å². The summed E-state index contributed by atoms with van der Waals surface area (Å²) in [6, 6.07) is 4.02. The standard InChI is InChI=1S/C14H16N4S/c1-9-10(2)19-13(17-9)8-18-7-11(6-15)12-4-3-5-16-14(12)18/h3-5,7H,6,8,15H2,1-2H3. The van der Waals surface area contributed by atoms with Crippen LogP contribution in [0.15, 0.2) is 24.5 Å². The monoisotopic (exact) mass is 272 g/mol. The summed E-state index contributed by atoms with van der Waals surface area (Å²) >= 11 is 1.74. The fraction of sp³-hybridized carbons (Fsp3) is 0.286. The van der Waals surface area contributed by atoms with E-state index >= 15 is 0 Å². The molecule has 3 aromatic heterocycles. The van der Waals surface area contributed by atoms with E-state index in [0.29, 0.717) is 6.54 Å². The van der Waals surface area contributed by atoms with Crippen LogP contribution in [0.3, 0.4) is 0 Å². The number of thiazole rings is 1. The van der Waals surface area contributed by atoms with Gasteiger partial charge in [-0.25, -0.2) is 9.97 Å². The van der Waals surface area contributed by atoms with Crippen LogP contribution in [0.25, 0.3) is 11.0 Å². The fourth-order valence-electron chi connectivity index (χ4n) is 2.23. The van der Waals surface area contributed by atoms with Gasteiger partial charge in [-0.1, -0.05) is 0 Å². The second-order valence-corrected chi connectivity index (χ2v) is 5.90. The molecule has 0 bridgehead atoms.